The lowest BCUT2D eigenvalue weighted by molar-refractivity contribution is -0.124. The predicted molar refractivity (Wildman–Crippen MR) is 90.4 cm³/mol. The fraction of sp³-hybridized carbons (Fsp3) is 0.235. The lowest BCUT2D eigenvalue weighted by atomic mass is 10.2. The molecule has 24 heavy (non-hydrogen) atoms. The molecule has 7 heteroatoms. The van der Waals surface area contributed by atoms with Crippen molar-refractivity contribution < 1.29 is 19.1 Å². The first-order valence-electron chi connectivity index (χ1n) is 7.31. The first-order chi connectivity index (χ1) is 11.5. The summed E-state index contributed by atoms with van der Waals surface area (Å²) in [4.78, 5) is 28.3. The number of anilines is 1. The Labute approximate surface area is 144 Å². The Bertz CT molecular complexity index is 736. The van der Waals surface area contributed by atoms with Gasteiger partial charge in [-0.25, -0.2) is 9.78 Å². The van der Waals surface area contributed by atoms with Gasteiger partial charge in [0.2, 0.25) is 0 Å². The molecular weight excluding hydrogens is 332 g/mol. The number of halogens is 1. The molecule has 0 spiro atoms. The first-order valence-corrected chi connectivity index (χ1v) is 7.69. The average molecular weight is 349 g/mol. The third kappa shape index (κ3) is 4.45. The topological polar surface area (TPSA) is 77.5 Å². The summed E-state index contributed by atoms with van der Waals surface area (Å²) in [5.41, 5.74) is 0.741. The molecule has 0 bridgehead atoms. The second-order valence-corrected chi connectivity index (χ2v) is 5.25. The molecule has 6 nitrogen and oxygen atoms in total. The van der Waals surface area contributed by atoms with Crippen LogP contribution in [0.15, 0.2) is 42.6 Å². The normalized spacial score (nSPS) is 11.5. The molecule has 2 rings (SSSR count). The van der Waals surface area contributed by atoms with Gasteiger partial charge in [0.1, 0.15) is 10.9 Å². The number of rotatable bonds is 6. The maximum absolute atomic E-state index is 12.4. The van der Waals surface area contributed by atoms with E-state index in [2.05, 4.69) is 10.3 Å². The molecule has 1 aromatic carbocycles. The Hall–Kier alpha value is -2.60. The van der Waals surface area contributed by atoms with Crippen LogP contribution in [-0.2, 0) is 9.53 Å². The number of methoxy groups -OCH3 is 1. The number of nitrogens with zero attached hydrogens (tertiary/aromatic N) is 1. The molecule has 1 amide bonds. The quantitative estimate of drug-likeness (QED) is 0.640. The molecule has 1 N–H and O–H groups in total. The van der Waals surface area contributed by atoms with Crippen molar-refractivity contribution in [2.24, 2.45) is 0 Å². The summed E-state index contributed by atoms with van der Waals surface area (Å²) < 4.78 is 10.4. The van der Waals surface area contributed by atoms with Crippen LogP contribution < -0.4 is 10.1 Å². The number of carbonyl (C=O) groups excluding carboxylic acids is 2. The van der Waals surface area contributed by atoms with Crippen LogP contribution in [0.5, 0.6) is 5.75 Å². The Morgan fingerprint density at radius 1 is 1.29 bits per heavy atom. The van der Waals surface area contributed by atoms with Gasteiger partial charge in [0.25, 0.3) is 5.91 Å². The van der Waals surface area contributed by atoms with Crippen LogP contribution in [0.1, 0.15) is 23.7 Å². The summed E-state index contributed by atoms with van der Waals surface area (Å²) in [5.74, 6) is -0.551. The van der Waals surface area contributed by atoms with Gasteiger partial charge in [0, 0.05) is 6.20 Å². The van der Waals surface area contributed by atoms with E-state index in [1.54, 1.807) is 31.2 Å². The van der Waals surface area contributed by atoms with Gasteiger partial charge in [-0.15, -0.1) is 0 Å². The van der Waals surface area contributed by atoms with E-state index in [-0.39, 0.29) is 10.7 Å². The minimum absolute atomic E-state index is 0.177. The van der Waals surface area contributed by atoms with Gasteiger partial charge in [-0.3, -0.25) is 4.79 Å². The molecule has 0 aliphatic carbocycles. The number of hydrogen-bond donors (Lipinski definition) is 1. The number of pyridine rings is 1. The fourth-order valence-electron chi connectivity index (χ4n) is 2.01. The number of carbonyl (C=O) groups is 2. The lowest BCUT2D eigenvalue weighted by Gasteiger charge is -2.17. The molecule has 1 unspecified atom stereocenters. The largest absolute Gasteiger partial charge is 0.495 e. The van der Waals surface area contributed by atoms with Crippen LogP contribution in [-0.4, -0.2) is 30.1 Å². The second kappa shape index (κ2) is 8.31. The summed E-state index contributed by atoms with van der Waals surface area (Å²) in [6.07, 6.45) is 0.787. The summed E-state index contributed by atoms with van der Waals surface area (Å²) in [6.45, 7) is 1.75. The number of nitrogens with one attached hydrogen (secondary N) is 1. The van der Waals surface area contributed by atoms with E-state index < -0.39 is 18.0 Å². The molecule has 0 aliphatic rings. The number of hydrogen-bond acceptors (Lipinski definition) is 5. The van der Waals surface area contributed by atoms with Crippen LogP contribution in [0, 0.1) is 0 Å². The van der Waals surface area contributed by atoms with Crippen molar-refractivity contribution >= 4 is 29.2 Å². The number of esters is 1. The molecule has 126 valence electrons. The Morgan fingerprint density at radius 2 is 2.04 bits per heavy atom. The minimum atomic E-state index is -0.936. The molecular formula is C17H17ClN2O4. The molecule has 0 saturated carbocycles. The number of aromatic nitrogens is 1. The fourth-order valence-corrected chi connectivity index (χ4v) is 2.18. The molecule has 0 saturated heterocycles. The maximum atomic E-state index is 12.4. The highest BCUT2D eigenvalue weighted by molar-refractivity contribution is 6.29. The van der Waals surface area contributed by atoms with Gasteiger partial charge < -0.3 is 14.8 Å². The van der Waals surface area contributed by atoms with Gasteiger partial charge in [0.05, 0.1) is 18.4 Å². The lowest BCUT2D eigenvalue weighted by Crippen LogP contribution is -2.32. The van der Waals surface area contributed by atoms with Gasteiger partial charge in [-0.2, -0.15) is 0 Å². The van der Waals surface area contributed by atoms with Gasteiger partial charge in [-0.1, -0.05) is 30.7 Å². The number of para-hydroxylation sites is 2. The van der Waals surface area contributed by atoms with Crippen LogP contribution in [0.25, 0.3) is 0 Å². The van der Waals surface area contributed by atoms with Gasteiger partial charge in [-0.05, 0) is 30.7 Å². The van der Waals surface area contributed by atoms with Crippen LogP contribution in [0.3, 0.4) is 0 Å². The molecule has 0 aliphatic heterocycles. The summed E-state index contributed by atoms with van der Waals surface area (Å²) >= 11 is 5.75. The van der Waals surface area contributed by atoms with Crippen molar-refractivity contribution in [3.05, 3.63) is 53.3 Å². The van der Waals surface area contributed by atoms with Crippen LogP contribution in [0.4, 0.5) is 5.69 Å². The molecule has 1 atom stereocenters. The zero-order chi connectivity index (χ0) is 17.5. The van der Waals surface area contributed by atoms with E-state index >= 15 is 0 Å². The van der Waals surface area contributed by atoms with E-state index in [9.17, 15) is 9.59 Å². The Balaban J connectivity index is 2.07. The average Bonchev–Trinajstić information content (AvgIpc) is 2.59. The molecule has 2 aromatic rings. The second-order valence-electron chi connectivity index (χ2n) is 4.86. The standard InChI is InChI=1S/C17H17ClN2O4/c1-3-13(24-17(22)11-8-9-19-15(18)10-11)16(21)20-12-6-4-5-7-14(12)23-2/h4-10,13H,3H2,1-2H3,(H,20,21). The summed E-state index contributed by atoms with van der Waals surface area (Å²) in [7, 11) is 1.51. The molecule has 1 aromatic heterocycles. The zero-order valence-electron chi connectivity index (χ0n) is 13.3. The van der Waals surface area contributed by atoms with Crippen LogP contribution >= 0.6 is 11.6 Å². The van der Waals surface area contributed by atoms with E-state index in [0.29, 0.717) is 17.9 Å². The van der Waals surface area contributed by atoms with E-state index in [1.165, 1.54) is 25.4 Å². The molecule has 1 heterocycles. The van der Waals surface area contributed by atoms with Crippen molar-refractivity contribution in [3.8, 4) is 5.75 Å². The number of ether oxygens (including phenoxy) is 2. The molecule has 0 radical (unpaired) electrons. The highest BCUT2D eigenvalue weighted by Crippen LogP contribution is 2.23. The Morgan fingerprint density at radius 3 is 2.71 bits per heavy atom. The predicted octanol–water partition coefficient (Wildman–Crippen LogP) is 3.32. The highest BCUT2D eigenvalue weighted by atomic mass is 35.5. The number of amides is 1. The SMILES string of the molecule is CCC(OC(=O)c1ccnc(Cl)c1)C(=O)Nc1ccccc1OC. The first kappa shape index (κ1) is 17.7. The minimum Gasteiger partial charge on any atom is -0.495 e. The third-order valence-corrected chi connectivity index (χ3v) is 3.45. The number of benzene rings is 1. The van der Waals surface area contributed by atoms with Crippen molar-refractivity contribution in [2.75, 3.05) is 12.4 Å². The summed E-state index contributed by atoms with van der Waals surface area (Å²) in [6, 6.07) is 9.84. The van der Waals surface area contributed by atoms with Crippen molar-refractivity contribution in [2.45, 2.75) is 19.4 Å². The van der Waals surface area contributed by atoms with E-state index in [1.807, 2.05) is 0 Å². The smallest absolute Gasteiger partial charge is 0.339 e. The monoisotopic (exact) mass is 348 g/mol. The third-order valence-electron chi connectivity index (χ3n) is 3.24. The summed E-state index contributed by atoms with van der Waals surface area (Å²) in [5, 5.41) is 2.88. The highest BCUT2D eigenvalue weighted by Gasteiger charge is 2.23. The zero-order valence-corrected chi connectivity index (χ0v) is 14.0. The van der Waals surface area contributed by atoms with Crippen LogP contribution in [0.2, 0.25) is 5.15 Å². The molecule has 0 fully saturated rings. The Kier molecular flexibility index (Phi) is 6.14. The van der Waals surface area contributed by atoms with Crippen molar-refractivity contribution in [1.29, 1.82) is 0 Å². The van der Waals surface area contributed by atoms with Crippen molar-refractivity contribution in [3.63, 3.8) is 0 Å². The van der Waals surface area contributed by atoms with E-state index in [0.717, 1.165) is 0 Å². The van der Waals surface area contributed by atoms with Gasteiger partial charge >= 0.3 is 5.97 Å². The van der Waals surface area contributed by atoms with Crippen molar-refractivity contribution in [1.82, 2.24) is 4.98 Å². The van der Waals surface area contributed by atoms with Gasteiger partial charge in [0.15, 0.2) is 6.10 Å². The van der Waals surface area contributed by atoms with E-state index in [4.69, 9.17) is 21.1 Å². The maximum Gasteiger partial charge on any atom is 0.339 e.